The number of primary amides is 1. The third kappa shape index (κ3) is 5.57. The summed E-state index contributed by atoms with van der Waals surface area (Å²) in [4.78, 5) is 25.9. The largest absolute Gasteiger partial charge is 0.395 e. The number of carbonyl (C=O) groups excluding carboxylic acids is 1. The summed E-state index contributed by atoms with van der Waals surface area (Å²) in [5.41, 5.74) is 5.90. The SMILES string of the molecule is N#Cc1ccc(N2CC[C@@H](Nc3cc(Nc4ccccn4)ncc3C(N)=O)[C@@H](C(F)(F)F)C2)nc1. The standard InChI is InChI=1S/C23H21F3N8O/c24-23(25,26)16-13-34(21-5-4-14(10-27)11-31-21)8-6-17(16)32-18-9-20(30-12-15(18)22(28)35)33-19-3-1-2-7-29-19/h1-5,7,9,11-12,16-17H,6,8,13H2,(H2,28,35)(H2,29,30,32,33)/t16-,17+/m0/s1. The van der Waals surface area contributed by atoms with E-state index in [-0.39, 0.29) is 24.2 Å². The molecule has 4 N–H and O–H groups in total. The van der Waals surface area contributed by atoms with Crippen molar-refractivity contribution < 1.29 is 18.0 Å². The first kappa shape index (κ1) is 23.7. The highest BCUT2D eigenvalue weighted by atomic mass is 19.4. The normalized spacial score (nSPS) is 17.9. The molecule has 0 aliphatic carbocycles. The molecule has 1 saturated heterocycles. The number of hydrogen-bond acceptors (Lipinski definition) is 8. The zero-order valence-electron chi connectivity index (χ0n) is 18.3. The number of carbonyl (C=O) groups is 1. The van der Waals surface area contributed by atoms with E-state index in [1.54, 1.807) is 24.4 Å². The lowest BCUT2D eigenvalue weighted by atomic mass is 9.90. The molecule has 4 rings (SSSR count). The molecule has 0 unspecified atom stereocenters. The average molecular weight is 482 g/mol. The number of nitriles is 1. The Bertz CT molecular complexity index is 1230. The molecule has 1 aliphatic rings. The number of pyridine rings is 3. The number of hydrogen-bond donors (Lipinski definition) is 3. The van der Waals surface area contributed by atoms with Crippen LogP contribution in [-0.2, 0) is 0 Å². The zero-order valence-corrected chi connectivity index (χ0v) is 18.3. The Morgan fingerprint density at radius 3 is 2.60 bits per heavy atom. The van der Waals surface area contributed by atoms with Gasteiger partial charge in [0.15, 0.2) is 0 Å². The molecule has 0 spiro atoms. The molecule has 4 heterocycles. The van der Waals surface area contributed by atoms with E-state index in [2.05, 4.69) is 25.6 Å². The summed E-state index contributed by atoms with van der Waals surface area (Å²) >= 11 is 0. The van der Waals surface area contributed by atoms with Gasteiger partial charge in [-0.05, 0) is 30.7 Å². The maximum Gasteiger partial charge on any atom is 0.395 e. The highest BCUT2D eigenvalue weighted by Crippen LogP contribution is 2.37. The van der Waals surface area contributed by atoms with Gasteiger partial charge in [0, 0.05) is 43.8 Å². The fraction of sp³-hybridized carbons (Fsp3) is 0.261. The molecular formula is C23H21F3N8O. The average Bonchev–Trinajstić information content (AvgIpc) is 2.84. The molecule has 0 saturated carbocycles. The Hall–Kier alpha value is -4.40. The van der Waals surface area contributed by atoms with Gasteiger partial charge >= 0.3 is 6.18 Å². The minimum Gasteiger partial charge on any atom is -0.381 e. The van der Waals surface area contributed by atoms with E-state index in [1.165, 1.54) is 35.5 Å². The van der Waals surface area contributed by atoms with Crippen molar-refractivity contribution in [1.82, 2.24) is 15.0 Å². The monoisotopic (exact) mass is 482 g/mol. The molecule has 0 aromatic carbocycles. The van der Waals surface area contributed by atoms with Crippen molar-refractivity contribution in [2.45, 2.75) is 18.6 Å². The highest BCUT2D eigenvalue weighted by Gasteiger charge is 2.48. The summed E-state index contributed by atoms with van der Waals surface area (Å²) in [6, 6.07) is 10.6. The third-order valence-corrected chi connectivity index (χ3v) is 5.67. The van der Waals surface area contributed by atoms with Crippen molar-refractivity contribution in [3.8, 4) is 6.07 Å². The molecular weight excluding hydrogens is 461 g/mol. The van der Waals surface area contributed by atoms with Gasteiger partial charge in [0.2, 0.25) is 0 Å². The number of rotatable bonds is 6. The van der Waals surface area contributed by atoms with Crippen LogP contribution in [0.2, 0.25) is 0 Å². The van der Waals surface area contributed by atoms with Gasteiger partial charge < -0.3 is 21.3 Å². The predicted octanol–water partition coefficient (Wildman–Crippen LogP) is 3.46. The fourth-order valence-corrected chi connectivity index (χ4v) is 3.91. The Balaban J connectivity index is 1.58. The number of alkyl halides is 3. The van der Waals surface area contributed by atoms with E-state index < -0.39 is 24.0 Å². The first-order valence-corrected chi connectivity index (χ1v) is 10.7. The smallest absolute Gasteiger partial charge is 0.381 e. The van der Waals surface area contributed by atoms with E-state index >= 15 is 0 Å². The molecule has 1 amide bonds. The maximum atomic E-state index is 14.1. The van der Waals surface area contributed by atoms with Gasteiger partial charge in [0.05, 0.1) is 22.7 Å². The van der Waals surface area contributed by atoms with E-state index in [0.717, 1.165) is 0 Å². The van der Waals surface area contributed by atoms with Crippen LogP contribution in [0.5, 0.6) is 0 Å². The molecule has 0 bridgehead atoms. The van der Waals surface area contributed by atoms with Crippen LogP contribution >= 0.6 is 0 Å². The van der Waals surface area contributed by atoms with Crippen LogP contribution in [0.3, 0.4) is 0 Å². The van der Waals surface area contributed by atoms with Crippen LogP contribution < -0.4 is 21.3 Å². The summed E-state index contributed by atoms with van der Waals surface area (Å²) in [7, 11) is 0. The number of halogens is 3. The predicted molar refractivity (Wildman–Crippen MR) is 123 cm³/mol. The molecule has 35 heavy (non-hydrogen) atoms. The molecule has 3 aromatic rings. The maximum absolute atomic E-state index is 14.1. The van der Waals surface area contributed by atoms with Crippen LogP contribution in [0, 0.1) is 17.2 Å². The van der Waals surface area contributed by atoms with Gasteiger partial charge in [0.25, 0.3) is 5.91 Å². The summed E-state index contributed by atoms with van der Waals surface area (Å²) in [6.07, 6.45) is -0.278. The quantitative estimate of drug-likeness (QED) is 0.487. The van der Waals surface area contributed by atoms with Crippen LogP contribution in [-0.4, -0.2) is 46.2 Å². The topological polar surface area (TPSA) is 133 Å². The van der Waals surface area contributed by atoms with Gasteiger partial charge in [-0.2, -0.15) is 18.4 Å². The number of piperidine rings is 1. The van der Waals surface area contributed by atoms with Crippen LogP contribution in [0.4, 0.5) is 36.3 Å². The number of aromatic nitrogens is 3. The summed E-state index contributed by atoms with van der Waals surface area (Å²) in [5.74, 6) is -1.43. The number of nitrogens with one attached hydrogen (secondary N) is 2. The van der Waals surface area contributed by atoms with E-state index in [0.29, 0.717) is 29.6 Å². The molecule has 0 radical (unpaired) electrons. The van der Waals surface area contributed by atoms with Crippen LogP contribution in [0.25, 0.3) is 0 Å². The minimum absolute atomic E-state index is 0.0197. The second-order valence-corrected chi connectivity index (χ2v) is 7.97. The lowest BCUT2D eigenvalue weighted by molar-refractivity contribution is -0.178. The van der Waals surface area contributed by atoms with E-state index in [1.807, 2.05) is 6.07 Å². The molecule has 12 heteroatoms. The second-order valence-electron chi connectivity index (χ2n) is 7.97. The van der Waals surface area contributed by atoms with Gasteiger partial charge in [-0.15, -0.1) is 0 Å². The Morgan fingerprint density at radius 2 is 1.97 bits per heavy atom. The summed E-state index contributed by atoms with van der Waals surface area (Å²) < 4.78 is 42.2. The van der Waals surface area contributed by atoms with Gasteiger partial charge in [-0.25, -0.2) is 15.0 Å². The molecule has 9 nitrogen and oxygen atoms in total. The van der Waals surface area contributed by atoms with E-state index in [9.17, 15) is 18.0 Å². The molecule has 1 aliphatic heterocycles. The summed E-state index contributed by atoms with van der Waals surface area (Å²) in [6.45, 7) is -0.0464. The first-order valence-electron chi connectivity index (χ1n) is 10.7. The molecule has 180 valence electrons. The molecule has 2 atom stereocenters. The second kappa shape index (κ2) is 9.84. The van der Waals surface area contributed by atoms with E-state index in [4.69, 9.17) is 11.0 Å². The first-order chi connectivity index (χ1) is 16.7. The Labute approximate surface area is 198 Å². The van der Waals surface area contributed by atoms with Crippen molar-refractivity contribution in [3.63, 3.8) is 0 Å². The van der Waals surface area contributed by atoms with Crippen molar-refractivity contribution >= 4 is 29.0 Å². The number of anilines is 4. The number of amides is 1. The van der Waals surface area contributed by atoms with Gasteiger partial charge in [-0.3, -0.25) is 4.79 Å². The van der Waals surface area contributed by atoms with Crippen LogP contribution in [0.1, 0.15) is 22.3 Å². The van der Waals surface area contributed by atoms with Crippen molar-refractivity contribution in [1.29, 1.82) is 5.26 Å². The Morgan fingerprint density at radius 1 is 1.14 bits per heavy atom. The summed E-state index contributed by atoms with van der Waals surface area (Å²) in [5, 5.41) is 14.8. The Kier molecular flexibility index (Phi) is 6.68. The highest BCUT2D eigenvalue weighted by molar-refractivity contribution is 5.98. The van der Waals surface area contributed by atoms with Gasteiger partial charge in [-0.1, -0.05) is 6.07 Å². The lowest BCUT2D eigenvalue weighted by Crippen LogP contribution is -2.52. The van der Waals surface area contributed by atoms with Gasteiger partial charge in [0.1, 0.15) is 23.5 Å². The van der Waals surface area contributed by atoms with Crippen LogP contribution in [0.15, 0.2) is 55.0 Å². The van der Waals surface area contributed by atoms with Crippen molar-refractivity contribution in [3.05, 3.63) is 66.1 Å². The molecule has 1 fully saturated rings. The third-order valence-electron chi connectivity index (χ3n) is 5.67. The number of nitrogens with zero attached hydrogens (tertiary/aromatic N) is 5. The number of nitrogens with two attached hydrogens (primary N) is 1. The van der Waals surface area contributed by atoms with Crippen molar-refractivity contribution in [2.24, 2.45) is 11.7 Å². The lowest BCUT2D eigenvalue weighted by Gasteiger charge is -2.40. The minimum atomic E-state index is -4.52. The zero-order chi connectivity index (χ0) is 25.0. The fourth-order valence-electron chi connectivity index (χ4n) is 3.91. The molecule has 3 aromatic heterocycles. The van der Waals surface area contributed by atoms with Crippen molar-refractivity contribution in [2.75, 3.05) is 28.6 Å².